The third-order valence-electron chi connectivity index (χ3n) is 3.65. The third kappa shape index (κ3) is 3.42. The Morgan fingerprint density at radius 1 is 1.19 bits per heavy atom. The summed E-state index contributed by atoms with van der Waals surface area (Å²) in [5, 5.41) is 12.1. The SMILES string of the molecule is COc1ccc(N2NC(=O)C(=Cc3cc(Br)cc([N+](=O)[O-])c3)C2=O)cc1. The maximum atomic E-state index is 12.6. The van der Waals surface area contributed by atoms with Crippen molar-refractivity contribution in [3.63, 3.8) is 0 Å². The third-order valence-corrected chi connectivity index (χ3v) is 4.11. The van der Waals surface area contributed by atoms with Crippen LogP contribution in [-0.4, -0.2) is 23.8 Å². The Labute approximate surface area is 156 Å². The molecule has 9 heteroatoms. The lowest BCUT2D eigenvalue weighted by Gasteiger charge is -2.14. The van der Waals surface area contributed by atoms with Crippen molar-refractivity contribution in [2.75, 3.05) is 12.1 Å². The maximum Gasteiger partial charge on any atom is 0.282 e. The molecule has 2 amide bonds. The number of nitro benzene ring substituents is 1. The Morgan fingerprint density at radius 2 is 1.88 bits per heavy atom. The topological polar surface area (TPSA) is 102 Å². The van der Waals surface area contributed by atoms with E-state index in [9.17, 15) is 19.7 Å². The monoisotopic (exact) mass is 417 g/mol. The zero-order chi connectivity index (χ0) is 18.8. The van der Waals surface area contributed by atoms with Crippen LogP contribution in [0, 0.1) is 10.1 Å². The lowest BCUT2D eigenvalue weighted by Crippen LogP contribution is -2.35. The van der Waals surface area contributed by atoms with Gasteiger partial charge in [-0.15, -0.1) is 0 Å². The van der Waals surface area contributed by atoms with E-state index >= 15 is 0 Å². The number of hydrazine groups is 1. The van der Waals surface area contributed by atoms with E-state index in [1.54, 1.807) is 30.3 Å². The fraction of sp³-hybridized carbons (Fsp3) is 0.0588. The number of non-ortho nitro benzene ring substituents is 1. The van der Waals surface area contributed by atoms with E-state index in [1.165, 1.54) is 25.3 Å². The van der Waals surface area contributed by atoms with Crippen LogP contribution >= 0.6 is 15.9 Å². The molecule has 0 radical (unpaired) electrons. The molecule has 2 aromatic carbocycles. The molecule has 0 bridgehead atoms. The number of carbonyl (C=O) groups excluding carboxylic acids is 2. The fourth-order valence-corrected chi connectivity index (χ4v) is 2.92. The number of carbonyl (C=O) groups is 2. The normalized spacial score (nSPS) is 15.3. The van der Waals surface area contributed by atoms with Gasteiger partial charge in [-0.1, -0.05) is 15.9 Å². The van der Waals surface area contributed by atoms with Crippen molar-refractivity contribution in [1.29, 1.82) is 0 Å². The highest BCUT2D eigenvalue weighted by Crippen LogP contribution is 2.26. The molecular weight excluding hydrogens is 406 g/mol. The summed E-state index contributed by atoms with van der Waals surface area (Å²) in [7, 11) is 1.52. The predicted octanol–water partition coefficient (Wildman–Crippen LogP) is 2.83. The number of nitrogens with zero attached hydrogens (tertiary/aromatic N) is 2. The molecule has 1 aliphatic heterocycles. The average Bonchev–Trinajstić information content (AvgIpc) is 2.89. The minimum Gasteiger partial charge on any atom is -0.497 e. The molecule has 1 fully saturated rings. The molecule has 0 aromatic heterocycles. The van der Waals surface area contributed by atoms with E-state index in [4.69, 9.17) is 4.74 Å². The minimum absolute atomic E-state index is 0.117. The van der Waals surface area contributed by atoms with E-state index in [2.05, 4.69) is 21.4 Å². The van der Waals surface area contributed by atoms with Gasteiger partial charge in [-0.3, -0.25) is 25.1 Å². The number of ether oxygens (including phenoxy) is 1. The standard InChI is InChI=1S/C17H12BrN3O5/c1-26-14-4-2-12(3-5-14)20-17(23)15(16(22)19-20)8-10-6-11(18)9-13(7-10)21(24)25/h2-9H,1H3,(H,19,22). The van der Waals surface area contributed by atoms with Crippen molar-refractivity contribution in [3.05, 3.63) is 68.2 Å². The van der Waals surface area contributed by atoms with E-state index in [1.807, 2.05) is 0 Å². The van der Waals surface area contributed by atoms with Gasteiger partial charge in [0, 0.05) is 16.6 Å². The van der Waals surface area contributed by atoms with Crippen molar-refractivity contribution in [1.82, 2.24) is 5.43 Å². The highest BCUT2D eigenvalue weighted by molar-refractivity contribution is 9.10. The number of amides is 2. The van der Waals surface area contributed by atoms with Crippen molar-refractivity contribution < 1.29 is 19.2 Å². The van der Waals surface area contributed by atoms with Crippen LogP contribution in [0.4, 0.5) is 11.4 Å². The lowest BCUT2D eigenvalue weighted by molar-refractivity contribution is -0.384. The summed E-state index contributed by atoms with van der Waals surface area (Å²) >= 11 is 3.18. The first-order valence-corrected chi connectivity index (χ1v) is 8.14. The molecule has 1 N–H and O–H groups in total. The average molecular weight is 418 g/mol. The maximum absolute atomic E-state index is 12.6. The van der Waals surface area contributed by atoms with Gasteiger partial charge < -0.3 is 4.74 Å². The number of anilines is 1. The van der Waals surface area contributed by atoms with Gasteiger partial charge in [0.1, 0.15) is 11.3 Å². The van der Waals surface area contributed by atoms with Gasteiger partial charge in [-0.25, -0.2) is 5.01 Å². The smallest absolute Gasteiger partial charge is 0.282 e. The van der Waals surface area contributed by atoms with Gasteiger partial charge >= 0.3 is 0 Å². The number of methoxy groups -OCH3 is 1. The molecule has 1 aliphatic rings. The lowest BCUT2D eigenvalue weighted by atomic mass is 10.1. The highest BCUT2D eigenvalue weighted by atomic mass is 79.9. The summed E-state index contributed by atoms with van der Waals surface area (Å²) in [5.74, 6) is -0.528. The zero-order valence-corrected chi connectivity index (χ0v) is 15.0. The summed E-state index contributed by atoms with van der Waals surface area (Å²) < 4.78 is 5.53. The molecule has 0 aliphatic carbocycles. The Morgan fingerprint density at radius 3 is 2.50 bits per heavy atom. The molecule has 1 heterocycles. The van der Waals surface area contributed by atoms with Crippen LogP contribution in [0.2, 0.25) is 0 Å². The highest BCUT2D eigenvalue weighted by Gasteiger charge is 2.34. The molecule has 8 nitrogen and oxygen atoms in total. The number of rotatable bonds is 4. The van der Waals surface area contributed by atoms with E-state index in [0.717, 1.165) is 5.01 Å². The molecular formula is C17H12BrN3O5. The molecule has 3 rings (SSSR count). The van der Waals surface area contributed by atoms with Crippen molar-refractivity contribution in [2.45, 2.75) is 0 Å². The van der Waals surface area contributed by atoms with Crippen molar-refractivity contribution in [2.24, 2.45) is 0 Å². The molecule has 0 unspecified atom stereocenters. The van der Waals surface area contributed by atoms with E-state index in [-0.39, 0.29) is 11.3 Å². The molecule has 0 saturated carbocycles. The molecule has 132 valence electrons. The Balaban J connectivity index is 1.93. The van der Waals surface area contributed by atoms with Crippen LogP contribution in [0.5, 0.6) is 5.75 Å². The predicted molar refractivity (Wildman–Crippen MR) is 97.4 cm³/mol. The quantitative estimate of drug-likeness (QED) is 0.356. The molecule has 2 aromatic rings. The van der Waals surface area contributed by atoms with Gasteiger partial charge in [0.05, 0.1) is 17.7 Å². The van der Waals surface area contributed by atoms with Crippen LogP contribution in [0.25, 0.3) is 6.08 Å². The van der Waals surface area contributed by atoms with Crippen LogP contribution in [0.15, 0.2) is 52.5 Å². The number of nitro groups is 1. The Hall–Kier alpha value is -3.20. The summed E-state index contributed by atoms with van der Waals surface area (Å²) in [6, 6.07) is 10.8. The summed E-state index contributed by atoms with van der Waals surface area (Å²) in [4.78, 5) is 35.2. The van der Waals surface area contributed by atoms with Gasteiger partial charge in [-0.2, -0.15) is 0 Å². The Kier molecular flexibility index (Phi) is 4.72. The van der Waals surface area contributed by atoms with Gasteiger partial charge in [0.15, 0.2) is 0 Å². The minimum atomic E-state index is -0.589. The number of halogens is 1. The molecule has 0 atom stereocenters. The first kappa shape index (κ1) is 17.6. The largest absolute Gasteiger partial charge is 0.497 e. The first-order chi connectivity index (χ1) is 12.4. The van der Waals surface area contributed by atoms with Crippen molar-refractivity contribution in [3.8, 4) is 5.75 Å². The summed E-state index contributed by atoms with van der Waals surface area (Å²) in [6.07, 6.45) is 1.32. The van der Waals surface area contributed by atoms with Crippen molar-refractivity contribution >= 4 is 45.2 Å². The molecule has 0 spiro atoms. The summed E-state index contributed by atoms with van der Waals surface area (Å²) in [5.41, 5.74) is 3.03. The summed E-state index contributed by atoms with van der Waals surface area (Å²) in [6.45, 7) is 0. The second-order valence-electron chi connectivity index (χ2n) is 5.34. The second-order valence-corrected chi connectivity index (χ2v) is 6.25. The number of benzene rings is 2. The van der Waals surface area contributed by atoms with Gasteiger partial charge in [0.25, 0.3) is 17.5 Å². The first-order valence-electron chi connectivity index (χ1n) is 7.35. The zero-order valence-electron chi connectivity index (χ0n) is 13.4. The van der Waals surface area contributed by atoms with Gasteiger partial charge in [-0.05, 0) is 42.0 Å². The molecule has 1 saturated heterocycles. The molecule has 26 heavy (non-hydrogen) atoms. The number of hydrogen-bond acceptors (Lipinski definition) is 5. The number of nitrogens with one attached hydrogen (secondary N) is 1. The van der Waals surface area contributed by atoms with Crippen LogP contribution < -0.4 is 15.2 Å². The Bertz CT molecular complexity index is 940. The van der Waals surface area contributed by atoms with E-state index < -0.39 is 16.7 Å². The van der Waals surface area contributed by atoms with Crippen LogP contribution in [-0.2, 0) is 9.59 Å². The number of hydrogen-bond donors (Lipinski definition) is 1. The van der Waals surface area contributed by atoms with E-state index in [0.29, 0.717) is 21.5 Å². The van der Waals surface area contributed by atoms with Crippen LogP contribution in [0.3, 0.4) is 0 Å². The second kappa shape index (κ2) is 6.96. The van der Waals surface area contributed by atoms with Gasteiger partial charge in [0.2, 0.25) is 0 Å². The fourth-order valence-electron chi connectivity index (χ4n) is 2.42. The van der Waals surface area contributed by atoms with Crippen LogP contribution in [0.1, 0.15) is 5.56 Å².